The number of hydrogen-bond acceptors (Lipinski definition) is 2. The van der Waals surface area contributed by atoms with E-state index in [1.807, 2.05) is 6.07 Å². The Balaban J connectivity index is 1.14. The molecule has 0 atom stereocenters. The molecule has 0 radical (unpaired) electrons. The minimum absolute atomic E-state index is 0.0870. The topological polar surface area (TPSA) is 30.7 Å². The zero-order valence-corrected chi connectivity index (χ0v) is 29.1. The van der Waals surface area contributed by atoms with Crippen molar-refractivity contribution in [2.24, 2.45) is 0 Å². The molecule has 0 unspecified atom stereocenters. The molecule has 0 aliphatic heterocycles. The number of fused-ring (bicyclic) bond motifs is 7. The Morgan fingerprint density at radius 2 is 0.923 bits per heavy atom. The number of hydrogen-bond donors (Lipinski definition) is 0. The molecule has 0 N–H and O–H groups in total. The molecule has 0 spiro atoms. The Hall–Kier alpha value is -6.58. The first kappa shape index (κ1) is 30.3. The van der Waals surface area contributed by atoms with E-state index < -0.39 is 0 Å². The van der Waals surface area contributed by atoms with Gasteiger partial charge in [-0.05, 0) is 62.7 Å². The van der Waals surface area contributed by atoms with Gasteiger partial charge >= 0.3 is 0 Å². The molecule has 3 heteroatoms. The second-order valence-electron chi connectivity index (χ2n) is 14.2. The molecule has 2 aromatic heterocycles. The maximum absolute atomic E-state index is 5.34. The molecule has 1 aliphatic rings. The molecule has 0 amide bonds. The van der Waals surface area contributed by atoms with Crippen LogP contribution in [0.5, 0.6) is 0 Å². The summed E-state index contributed by atoms with van der Waals surface area (Å²) in [5.74, 6) is 0.661. The van der Waals surface area contributed by atoms with Crippen molar-refractivity contribution in [3.63, 3.8) is 0 Å². The van der Waals surface area contributed by atoms with Crippen LogP contribution in [0, 0.1) is 0 Å². The van der Waals surface area contributed by atoms with E-state index in [1.54, 1.807) is 0 Å². The van der Waals surface area contributed by atoms with Gasteiger partial charge in [0.25, 0.3) is 0 Å². The van der Waals surface area contributed by atoms with Gasteiger partial charge < -0.3 is 0 Å². The Bertz CT molecular complexity index is 2780. The van der Waals surface area contributed by atoms with Crippen molar-refractivity contribution in [1.82, 2.24) is 14.5 Å². The predicted octanol–water partition coefficient (Wildman–Crippen LogP) is 12.5. The van der Waals surface area contributed by atoms with Gasteiger partial charge in [-0.25, -0.2) is 9.97 Å². The third-order valence-electron chi connectivity index (χ3n) is 10.9. The lowest BCUT2D eigenvalue weighted by Crippen LogP contribution is -2.14. The number of rotatable bonds is 5. The first-order valence-corrected chi connectivity index (χ1v) is 17.9. The van der Waals surface area contributed by atoms with Gasteiger partial charge in [-0.1, -0.05) is 172 Å². The van der Waals surface area contributed by atoms with Crippen molar-refractivity contribution < 1.29 is 0 Å². The average molecular weight is 666 g/mol. The molecule has 0 fully saturated rings. The van der Waals surface area contributed by atoms with E-state index in [1.165, 1.54) is 55.3 Å². The SMILES string of the molecule is CC1(C)c2ccccc2-c2c1ccc1c2c2ccccc2n1-c1nc(-c2ccccc2)cc(-c2ccc(-c3ccc(-c4ccccc4)cc3)cc2)n1. The number of nitrogens with zero attached hydrogens (tertiary/aromatic N) is 3. The zero-order valence-electron chi connectivity index (χ0n) is 29.1. The van der Waals surface area contributed by atoms with Crippen LogP contribution >= 0.6 is 0 Å². The van der Waals surface area contributed by atoms with Crippen LogP contribution in [-0.2, 0) is 5.41 Å². The minimum atomic E-state index is -0.0870. The molecular weight excluding hydrogens is 631 g/mol. The molecule has 1 aliphatic carbocycles. The lowest BCUT2D eigenvalue weighted by molar-refractivity contribution is 0.661. The second-order valence-corrected chi connectivity index (χ2v) is 14.2. The molecule has 10 rings (SSSR count). The molecular formula is C49H35N3. The number of aromatic nitrogens is 3. The van der Waals surface area contributed by atoms with Crippen molar-refractivity contribution in [1.29, 1.82) is 0 Å². The summed E-state index contributed by atoms with van der Waals surface area (Å²) in [6, 6.07) is 62.8. The van der Waals surface area contributed by atoms with E-state index in [2.05, 4.69) is 188 Å². The summed E-state index contributed by atoms with van der Waals surface area (Å²) in [6.45, 7) is 4.68. The third-order valence-corrected chi connectivity index (χ3v) is 10.9. The van der Waals surface area contributed by atoms with Crippen LogP contribution in [0.25, 0.3) is 83.6 Å². The van der Waals surface area contributed by atoms with Crippen molar-refractivity contribution in [2.45, 2.75) is 19.3 Å². The second kappa shape index (κ2) is 11.8. The summed E-state index contributed by atoms with van der Waals surface area (Å²) in [5.41, 5.74) is 16.1. The Morgan fingerprint density at radius 1 is 0.423 bits per heavy atom. The lowest BCUT2D eigenvalue weighted by Gasteiger charge is -2.21. The van der Waals surface area contributed by atoms with E-state index in [-0.39, 0.29) is 5.41 Å². The summed E-state index contributed by atoms with van der Waals surface area (Å²) < 4.78 is 2.26. The van der Waals surface area contributed by atoms with E-state index in [0.29, 0.717) is 5.95 Å². The van der Waals surface area contributed by atoms with E-state index >= 15 is 0 Å². The first-order chi connectivity index (χ1) is 25.5. The van der Waals surface area contributed by atoms with Crippen molar-refractivity contribution in [3.8, 4) is 61.8 Å². The van der Waals surface area contributed by atoms with Gasteiger partial charge in [0.1, 0.15) is 0 Å². The molecule has 0 bridgehead atoms. The van der Waals surface area contributed by atoms with E-state index in [4.69, 9.17) is 9.97 Å². The lowest BCUT2D eigenvalue weighted by atomic mass is 9.82. The molecule has 9 aromatic rings. The van der Waals surface area contributed by atoms with Crippen LogP contribution in [0.4, 0.5) is 0 Å². The van der Waals surface area contributed by atoms with Crippen LogP contribution in [0.2, 0.25) is 0 Å². The highest BCUT2D eigenvalue weighted by Crippen LogP contribution is 2.53. The highest BCUT2D eigenvalue weighted by atomic mass is 15.2. The summed E-state index contributed by atoms with van der Waals surface area (Å²) in [4.78, 5) is 10.6. The van der Waals surface area contributed by atoms with Crippen LogP contribution in [0.3, 0.4) is 0 Å². The van der Waals surface area contributed by atoms with Crippen molar-refractivity contribution in [3.05, 3.63) is 187 Å². The van der Waals surface area contributed by atoms with Crippen LogP contribution in [-0.4, -0.2) is 14.5 Å². The standard InChI is InChI=1S/C49H35N3/c1-49(2)40-19-11-9-17-38(40)46-41(49)29-30-45-47(46)39-18-10-12-20-44(39)52(45)48-50-42(36-15-7-4-8-16-36)31-43(51-48)37-27-25-35(26-28-37)34-23-21-33(22-24-34)32-13-5-3-6-14-32/h3-31H,1-2H3. The first-order valence-electron chi connectivity index (χ1n) is 17.9. The molecule has 52 heavy (non-hydrogen) atoms. The van der Waals surface area contributed by atoms with E-state index in [9.17, 15) is 0 Å². The molecule has 2 heterocycles. The van der Waals surface area contributed by atoms with Crippen molar-refractivity contribution in [2.75, 3.05) is 0 Å². The summed E-state index contributed by atoms with van der Waals surface area (Å²) in [6.07, 6.45) is 0. The van der Waals surface area contributed by atoms with Gasteiger partial charge in [0, 0.05) is 27.3 Å². The van der Waals surface area contributed by atoms with Gasteiger partial charge in [0.15, 0.2) is 0 Å². The monoisotopic (exact) mass is 665 g/mol. The smallest absolute Gasteiger partial charge is 0.235 e. The number of para-hydroxylation sites is 1. The van der Waals surface area contributed by atoms with Gasteiger partial charge in [-0.2, -0.15) is 0 Å². The van der Waals surface area contributed by atoms with Gasteiger partial charge in [-0.15, -0.1) is 0 Å². The predicted molar refractivity (Wildman–Crippen MR) is 216 cm³/mol. The summed E-state index contributed by atoms with van der Waals surface area (Å²) >= 11 is 0. The highest BCUT2D eigenvalue weighted by Gasteiger charge is 2.37. The van der Waals surface area contributed by atoms with Crippen molar-refractivity contribution >= 4 is 21.8 Å². The maximum Gasteiger partial charge on any atom is 0.235 e. The Morgan fingerprint density at radius 3 is 1.58 bits per heavy atom. The molecule has 3 nitrogen and oxygen atoms in total. The maximum atomic E-state index is 5.34. The van der Waals surface area contributed by atoms with E-state index in [0.717, 1.165) is 33.5 Å². The molecule has 0 saturated heterocycles. The fourth-order valence-electron chi connectivity index (χ4n) is 8.23. The summed E-state index contributed by atoms with van der Waals surface area (Å²) in [5, 5.41) is 2.46. The summed E-state index contributed by atoms with van der Waals surface area (Å²) in [7, 11) is 0. The van der Waals surface area contributed by atoms with Crippen LogP contribution in [0.1, 0.15) is 25.0 Å². The van der Waals surface area contributed by atoms with Crippen LogP contribution < -0.4 is 0 Å². The molecule has 0 saturated carbocycles. The normalized spacial score (nSPS) is 13.0. The minimum Gasteiger partial charge on any atom is -0.278 e. The quantitative estimate of drug-likeness (QED) is 0.183. The largest absolute Gasteiger partial charge is 0.278 e. The van der Waals surface area contributed by atoms with Gasteiger partial charge in [0.2, 0.25) is 5.95 Å². The third kappa shape index (κ3) is 4.74. The van der Waals surface area contributed by atoms with Gasteiger partial charge in [0.05, 0.1) is 22.4 Å². The number of benzene rings is 7. The van der Waals surface area contributed by atoms with Crippen LogP contribution in [0.15, 0.2) is 176 Å². The zero-order chi connectivity index (χ0) is 34.8. The average Bonchev–Trinajstić information content (AvgIpc) is 3.67. The highest BCUT2D eigenvalue weighted by molar-refractivity contribution is 6.17. The van der Waals surface area contributed by atoms with Gasteiger partial charge in [-0.3, -0.25) is 4.57 Å². The fourth-order valence-corrected chi connectivity index (χ4v) is 8.23. The fraction of sp³-hybridized carbons (Fsp3) is 0.0612. The molecule has 7 aromatic carbocycles. The Kier molecular flexibility index (Phi) is 6.84. The molecule has 246 valence electrons. The Labute approximate surface area is 303 Å².